The van der Waals surface area contributed by atoms with Gasteiger partial charge in [0.1, 0.15) is 0 Å². The van der Waals surface area contributed by atoms with Crippen molar-refractivity contribution in [2.75, 3.05) is 0 Å². The normalized spacial score (nSPS) is 15.6. The van der Waals surface area contributed by atoms with Crippen LogP contribution in [0.1, 0.15) is 57.4 Å². The SMILES string of the molecule is NN1C(=O)c2ccc(C(=O)c3ccc4c(c3)C(=O)N(N)C4=O)cc2C1=O. The van der Waals surface area contributed by atoms with Gasteiger partial charge in [0, 0.05) is 11.1 Å². The fourth-order valence-corrected chi connectivity index (χ4v) is 2.97. The van der Waals surface area contributed by atoms with Crippen molar-refractivity contribution in [2.24, 2.45) is 11.7 Å². The molecule has 0 radical (unpaired) electrons. The molecule has 4 N–H and O–H groups in total. The molecule has 2 aliphatic heterocycles. The van der Waals surface area contributed by atoms with Gasteiger partial charge < -0.3 is 0 Å². The van der Waals surface area contributed by atoms with Crippen LogP contribution in [0.15, 0.2) is 36.4 Å². The van der Waals surface area contributed by atoms with Gasteiger partial charge in [-0.15, -0.1) is 0 Å². The maximum absolute atomic E-state index is 12.7. The highest BCUT2D eigenvalue weighted by molar-refractivity contribution is 6.23. The van der Waals surface area contributed by atoms with Gasteiger partial charge in [-0.05, 0) is 24.3 Å². The number of imide groups is 2. The molecule has 128 valence electrons. The average Bonchev–Trinajstić information content (AvgIpc) is 3.01. The van der Waals surface area contributed by atoms with Gasteiger partial charge in [-0.25, -0.2) is 21.7 Å². The van der Waals surface area contributed by atoms with Gasteiger partial charge >= 0.3 is 0 Å². The van der Waals surface area contributed by atoms with Crippen molar-refractivity contribution in [1.82, 2.24) is 10.0 Å². The molecule has 2 aromatic carbocycles. The monoisotopic (exact) mass is 350 g/mol. The number of hydrogen-bond acceptors (Lipinski definition) is 7. The van der Waals surface area contributed by atoms with Gasteiger partial charge in [0.25, 0.3) is 23.6 Å². The minimum atomic E-state index is -0.701. The van der Waals surface area contributed by atoms with E-state index in [9.17, 15) is 24.0 Å². The molecular weight excluding hydrogens is 340 g/mol. The van der Waals surface area contributed by atoms with Gasteiger partial charge in [-0.3, -0.25) is 24.0 Å². The van der Waals surface area contributed by atoms with Crippen molar-refractivity contribution in [1.29, 1.82) is 0 Å². The number of hydrogen-bond donors (Lipinski definition) is 2. The summed E-state index contributed by atoms with van der Waals surface area (Å²) >= 11 is 0. The number of ketones is 1. The highest BCUT2D eigenvalue weighted by atomic mass is 16.2. The molecular formula is C17H10N4O5. The number of carbonyl (C=O) groups is 5. The molecule has 2 aliphatic rings. The number of nitrogens with zero attached hydrogens (tertiary/aromatic N) is 2. The largest absolute Gasteiger partial charge is 0.289 e. The molecule has 0 saturated heterocycles. The smallest absolute Gasteiger partial charge is 0.275 e. The van der Waals surface area contributed by atoms with Crippen LogP contribution >= 0.6 is 0 Å². The van der Waals surface area contributed by atoms with E-state index in [4.69, 9.17) is 11.7 Å². The van der Waals surface area contributed by atoms with E-state index in [1.54, 1.807) is 0 Å². The molecule has 4 rings (SSSR count). The Morgan fingerprint density at radius 3 is 1.35 bits per heavy atom. The Morgan fingerprint density at radius 1 is 0.615 bits per heavy atom. The van der Waals surface area contributed by atoms with Crippen LogP contribution < -0.4 is 11.7 Å². The van der Waals surface area contributed by atoms with Crippen molar-refractivity contribution in [3.05, 3.63) is 69.8 Å². The molecule has 2 heterocycles. The van der Waals surface area contributed by atoms with Crippen LogP contribution in [0.5, 0.6) is 0 Å². The van der Waals surface area contributed by atoms with Crippen LogP contribution in [0.4, 0.5) is 0 Å². The molecule has 4 amide bonds. The standard InChI is InChI=1S/C17H10N4O5/c18-20-14(23)9-3-1-7(5-11(9)16(20)25)13(22)8-2-4-10-12(6-8)17(26)21(19)15(10)24/h1-6H,18-19H2. The van der Waals surface area contributed by atoms with Crippen LogP contribution in [0.2, 0.25) is 0 Å². The molecule has 0 aromatic heterocycles. The summed E-state index contributed by atoms with van der Waals surface area (Å²) in [4.78, 5) is 60.2. The zero-order valence-corrected chi connectivity index (χ0v) is 13.1. The van der Waals surface area contributed by atoms with Gasteiger partial charge in [-0.1, -0.05) is 12.1 Å². The molecule has 0 unspecified atom stereocenters. The van der Waals surface area contributed by atoms with E-state index in [1.807, 2.05) is 0 Å². The van der Waals surface area contributed by atoms with Crippen molar-refractivity contribution in [2.45, 2.75) is 0 Å². The Morgan fingerprint density at radius 2 is 0.962 bits per heavy atom. The fourth-order valence-electron chi connectivity index (χ4n) is 2.97. The minimum Gasteiger partial charge on any atom is -0.289 e. The minimum absolute atomic E-state index is 0.0314. The Balaban J connectivity index is 1.75. The molecule has 0 bridgehead atoms. The molecule has 9 nitrogen and oxygen atoms in total. The molecule has 0 saturated carbocycles. The van der Waals surface area contributed by atoms with E-state index < -0.39 is 29.4 Å². The number of benzene rings is 2. The summed E-state index contributed by atoms with van der Waals surface area (Å²) < 4.78 is 0. The van der Waals surface area contributed by atoms with E-state index in [0.29, 0.717) is 10.0 Å². The van der Waals surface area contributed by atoms with Crippen LogP contribution in [0.3, 0.4) is 0 Å². The Hall–Kier alpha value is -3.69. The summed E-state index contributed by atoms with van der Waals surface area (Å²) in [5.74, 6) is 7.58. The first kappa shape index (κ1) is 15.8. The Kier molecular flexibility index (Phi) is 3.13. The second kappa shape index (κ2) is 5.15. The number of hydrazine groups is 2. The topological polar surface area (TPSA) is 144 Å². The first-order valence-electron chi connectivity index (χ1n) is 7.41. The van der Waals surface area contributed by atoms with E-state index in [1.165, 1.54) is 36.4 Å². The summed E-state index contributed by atoms with van der Waals surface area (Å²) in [6.07, 6.45) is 0. The number of amides is 4. The zero-order valence-electron chi connectivity index (χ0n) is 13.1. The summed E-state index contributed by atoms with van der Waals surface area (Å²) in [6, 6.07) is 8.03. The molecule has 0 aliphatic carbocycles. The third-order valence-corrected chi connectivity index (χ3v) is 4.36. The second-order valence-electron chi connectivity index (χ2n) is 5.81. The van der Waals surface area contributed by atoms with Crippen LogP contribution in [0.25, 0.3) is 0 Å². The van der Waals surface area contributed by atoms with Gasteiger partial charge in [0.05, 0.1) is 22.3 Å². The highest BCUT2D eigenvalue weighted by Gasteiger charge is 2.36. The summed E-state index contributed by atoms with van der Waals surface area (Å²) in [7, 11) is 0. The molecule has 0 spiro atoms. The van der Waals surface area contributed by atoms with E-state index in [2.05, 4.69) is 0 Å². The van der Waals surface area contributed by atoms with E-state index in [0.717, 1.165) is 0 Å². The molecule has 0 fully saturated rings. The Labute approximate surface area is 145 Å². The average molecular weight is 350 g/mol. The lowest BCUT2D eigenvalue weighted by Crippen LogP contribution is -2.36. The summed E-state index contributed by atoms with van der Waals surface area (Å²) in [6.45, 7) is 0. The lowest BCUT2D eigenvalue weighted by atomic mass is 9.96. The first-order valence-corrected chi connectivity index (χ1v) is 7.41. The quantitative estimate of drug-likeness (QED) is 0.332. The summed E-state index contributed by atoms with van der Waals surface area (Å²) in [5.41, 5.74) is 0.570. The van der Waals surface area contributed by atoms with Crippen LogP contribution in [0, 0.1) is 0 Å². The van der Waals surface area contributed by atoms with Crippen LogP contribution in [-0.4, -0.2) is 39.4 Å². The molecule has 2 aromatic rings. The maximum atomic E-state index is 12.7. The van der Waals surface area contributed by atoms with Crippen molar-refractivity contribution < 1.29 is 24.0 Å². The first-order chi connectivity index (χ1) is 12.3. The predicted molar refractivity (Wildman–Crippen MR) is 85.7 cm³/mol. The molecule has 26 heavy (non-hydrogen) atoms. The van der Waals surface area contributed by atoms with Crippen LogP contribution in [-0.2, 0) is 0 Å². The van der Waals surface area contributed by atoms with E-state index >= 15 is 0 Å². The van der Waals surface area contributed by atoms with E-state index in [-0.39, 0.29) is 33.4 Å². The van der Waals surface area contributed by atoms with Crippen molar-refractivity contribution in [3.8, 4) is 0 Å². The predicted octanol–water partition coefficient (Wildman–Crippen LogP) is -0.143. The fraction of sp³-hybridized carbons (Fsp3) is 0. The highest BCUT2D eigenvalue weighted by Crippen LogP contribution is 2.25. The molecule has 9 heteroatoms. The third-order valence-electron chi connectivity index (χ3n) is 4.36. The van der Waals surface area contributed by atoms with Gasteiger partial charge in [0.2, 0.25) is 0 Å². The lowest BCUT2D eigenvalue weighted by molar-refractivity contribution is 0.0639. The number of rotatable bonds is 2. The van der Waals surface area contributed by atoms with Gasteiger partial charge in [-0.2, -0.15) is 0 Å². The van der Waals surface area contributed by atoms with Gasteiger partial charge in [0.15, 0.2) is 5.78 Å². The molecule has 0 atom stereocenters. The zero-order chi connectivity index (χ0) is 18.7. The Bertz CT molecular complexity index is 991. The lowest BCUT2D eigenvalue weighted by Gasteiger charge is -2.04. The second-order valence-corrected chi connectivity index (χ2v) is 5.81. The third kappa shape index (κ3) is 1.95. The number of carbonyl (C=O) groups excluding carboxylic acids is 5. The van der Waals surface area contributed by atoms with Crippen molar-refractivity contribution >= 4 is 29.4 Å². The number of fused-ring (bicyclic) bond motifs is 2. The van der Waals surface area contributed by atoms with Crippen molar-refractivity contribution in [3.63, 3.8) is 0 Å². The summed E-state index contributed by atoms with van der Waals surface area (Å²) in [5, 5.41) is 0.961. The number of nitrogens with two attached hydrogens (primary N) is 2. The maximum Gasteiger partial charge on any atom is 0.275 e.